The summed E-state index contributed by atoms with van der Waals surface area (Å²) in [7, 11) is 0. The van der Waals surface area contributed by atoms with Gasteiger partial charge in [-0.25, -0.2) is 0 Å². The molecule has 24 heavy (non-hydrogen) atoms. The van der Waals surface area contributed by atoms with E-state index in [1.807, 2.05) is 32.0 Å². The summed E-state index contributed by atoms with van der Waals surface area (Å²) in [6, 6.07) is 13.1. The van der Waals surface area contributed by atoms with Crippen LogP contribution in [0.3, 0.4) is 0 Å². The van der Waals surface area contributed by atoms with Crippen LogP contribution >= 0.6 is 11.6 Å². The molecular weight excluding hydrogens is 324 g/mol. The first-order chi connectivity index (χ1) is 11.4. The number of para-hydroxylation sites is 1. The molecular formula is C19H19ClN2O2. The molecule has 2 aromatic rings. The Labute approximate surface area is 146 Å². The second kappa shape index (κ2) is 6.65. The zero-order valence-electron chi connectivity index (χ0n) is 13.7. The molecule has 1 aliphatic heterocycles. The zero-order valence-corrected chi connectivity index (χ0v) is 14.4. The molecule has 1 saturated heterocycles. The lowest BCUT2D eigenvalue weighted by molar-refractivity contribution is -0.122. The Kier molecular flexibility index (Phi) is 4.58. The fraction of sp³-hybridized carbons (Fsp3) is 0.263. The highest BCUT2D eigenvalue weighted by Crippen LogP contribution is 2.28. The number of carbonyl (C=O) groups is 2. The number of aryl methyl sites for hydroxylation is 2. The van der Waals surface area contributed by atoms with Crippen molar-refractivity contribution in [2.24, 2.45) is 5.92 Å². The number of hydrogen-bond donors (Lipinski definition) is 1. The maximum Gasteiger partial charge on any atom is 0.229 e. The molecule has 0 aromatic heterocycles. The highest BCUT2D eigenvalue weighted by Gasteiger charge is 2.35. The quantitative estimate of drug-likeness (QED) is 0.918. The van der Waals surface area contributed by atoms with Gasteiger partial charge in [0.15, 0.2) is 0 Å². The average molecular weight is 343 g/mol. The highest BCUT2D eigenvalue weighted by atomic mass is 35.5. The van der Waals surface area contributed by atoms with Gasteiger partial charge in [0.1, 0.15) is 0 Å². The maximum atomic E-state index is 12.5. The van der Waals surface area contributed by atoms with E-state index in [1.54, 1.807) is 23.1 Å². The lowest BCUT2D eigenvalue weighted by Crippen LogP contribution is -2.28. The van der Waals surface area contributed by atoms with Crippen LogP contribution in [0.4, 0.5) is 11.4 Å². The number of carbonyl (C=O) groups excluding carboxylic acids is 2. The number of anilines is 2. The third-order valence-corrected chi connectivity index (χ3v) is 4.48. The first kappa shape index (κ1) is 16.5. The summed E-state index contributed by atoms with van der Waals surface area (Å²) >= 11 is 6.07. The smallest absolute Gasteiger partial charge is 0.229 e. The van der Waals surface area contributed by atoms with Crippen LogP contribution in [0.2, 0.25) is 5.02 Å². The number of hydrogen-bond acceptors (Lipinski definition) is 2. The number of halogens is 1. The molecule has 1 aliphatic rings. The van der Waals surface area contributed by atoms with E-state index in [2.05, 4.69) is 11.4 Å². The van der Waals surface area contributed by atoms with Crippen LogP contribution in [-0.2, 0) is 9.59 Å². The number of nitrogens with one attached hydrogen (secondary N) is 1. The van der Waals surface area contributed by atoms with E-state index in [0.717, 1.165) is 16.8 Å². The Morgan fingerprint density at radius 2 is 1.83 bits per heavy atom. The molecule has 1 atom stereocenters. The highest BCUT2D eigenvalue weighted by molar-refractivity contribution is 6.33. The first-order valence-electron chi connectivity index (χ1n) is 7.88. The monoisotopic (exact) mass is 342 g/mol. The molecule has 1 heterocycles. The second-order valence-electron chi connectivity index (χ2n) is 6.22. The van der Waals surface area contributed by atoms with E-state index in [1.165, 1.54) is 0 Å². The lowest BCUT2D eigenvalue weighted by atomic mass is 10.1. The molecule has 124 valence electrons. The van der Waals surface area contributed by atoms with Gasteiger partial charge in [0.2, 0.25) is 11.8 Å². The number of amides is 2. The van der Waals surface area contributed by atoms with E-state index in [-0.39, 0.29) is 24.2 Å². The lowest BCUT2D eigenvalue weighted by Gasteiger charge is -2.18. The fourth-order valence-corrected chi connectivity index (χ4v) is 3.22. The molecule has 2 amide bonds. The molecule has 1 fully saturated rings. The molecule has 0 aliphatic carbocycles. The van der Waals surface area contributed by atoms with Gasteiger partial charge in [0, 0.05) is 18.7 Å². The summed E-state index contributed by atoms with van der Waals surface area (Å²) in [5.41, 5.74) is 3.62. The van der Waals surface area contributed by atoms with Crippen LogP contribution in [0.5, 0.6) is 0 Å². The van der Waals surface area contributed by atoms with Crippen LogP contribution in [0.15, 0.2) is 42.5 Å². The van der Waals surface area contributed by atoms with Crippen molar-refractivity contribution in [2.45, 2.75) is 20.3 Å². The van der Waals surface area contributed by atoms with Gasteiger partial charge in [0.25, 0.3) is 0 Å². The van der Waals surface area contributed by atoms with Crippen molar-refractivity contribution < 1.29 is 9.59 Å². The van der Waals surface area contributed by atoms with Crippen LogP contribution in [0.25, 0.3) is 0 Å². The van der Waals surface area contributed by atoms with E-state index in [9.17, 15) is 9.59 Å². The van der Waals surface area contributed by atoms with Crippen LogP contribution in [0, 0.1) is 19.8 Å². The Balaban J connectivity index is 1.74. The summed E-state index contributed by atoms with van der Waals surface area (Å²) in [5.74, 6) is -0.586. The minimum atomic E-state index is -0.380. The SMILES string of the molecule is Cc1cc(C)cc(N2C[C@@H](C(=O)Nc3ccccc3Cl)CC2=O)c1. The summed E-state index contributed by atoms with van der Waals surface area (Å²) < 4.78 is 0. The topological polar surface area (TPSA) is 49.4 Å². The standard InChI is InChI=1S/C19H19ClN2O2/c1-12-7-13(2)9-15(8-12)22-11-14(10-18(22)23)19(24)21-17-6-4-3-5-16(17)20/h3-9,14H,10-11H2,1-2H3,(H,21,24)/t14-/m0/s1. The van der Waals surface area contributed by atoms with Crippen molar-refractivity contribution in [1.29, 1.82) is 0 Å². The Hall–Kier alpha value is -2.33. The van der Waals surface area contributed by atoms with Crippen molar-refractivity contribution >= 4 is 34.8 Å². The summed E-state index contributed by atoms with van der Waals surface area (Å²) in [6.07, 6.45) is 0.212. The van der Waals surface area contributed by atoms with Crippen molar-refractivity contribution in [3.05, 3.63) is 58.6 Å². The van der Waals surface area contributed by atoms with Gasteiger partial charge in [-0.1, -0.05) is 29.8 Å². The van der Waals surface area contributed by atoms with Gasteiger partial charge >= 0.3 is 0 Å². The molecule has 0 saturated carbocycles. The van der Waals surface area contributed by atoms with Gasteiger partial charge in [-0.2, -0.15) is 0 Å². The van der Waals surface area contributed by atoms with Crippen LogP contribution in [-0.4, -0.2) is 18.4 Å². The Morgan fingerprint density at radius 1 is 1.17 bits per heavy atom. The van der Waals surface area contributed by atoms with E-state index >= 15 is 0 Å². The van der Waals surface area contributed by atoms with Gasteiger partial charge in [0.05, 0.1) is 16.6 Å². The summed E-state index contributed by atoms with van der Waals surface area (Å²) in [5, 5.41) is 3.31. The number of benzene rings is 2. The number of rotatable bonds is 3. The molecule has 0 radical (unpaired) electrons. The molecule has 0 unspecified atom stereocenters. The van der Waals surface area contributed by atoms with Crippen molar-refractivity contribution in [3.8, 4) is 0 Å². The fourth-order valence-electron chi connectivity index (χ4n) is 3.04. The third kappa shape index (κ3) is 3.44. The zero-order chi connectivity index (χ0) is 17.3. The average Bonchev–Trinajstić information content (AvgIpc) is 2.91. The molecule has 3 rings (SSSR count). The van der Waals surface area contributed by atoms with E-state index < -0.39 is 0 Å². The Morgan fingerprint density at radius 3 is 2.50 bits per heavy atom. The second-order valence-corrected chi connectivity index (χ2v) is 6.63. The van der Waals surface area contributed by atoms with Crippen LogP contribution in [0.1, 0.15) is 17.5 Å². The molecule has 2 aromatic carbocycles. The first-order valence-corrected chi connectivity index (χ1v) is 8.26. The van der Waals surface area contributed by atoms with Gasteiger partial charge in [-0.15, -0.1) is 0 Å². The van der Waals surface area contributed by atoms with Gasteiger partial charge in [-0.3, -0.25) is 9.59 Å². The summed E-state index contributed by atoms with van der Waals surface area (Å²) in [6.45, 7) is 4.38. The van der Waals surface area contributed by atoms with Gasteiger partial charge < -0.3 is 10.2 Å². The van der Waals surface area contributed by atoms with Gasteiger partial charge in [-0.05, 0) is 49.2 Å². The largest absolute Gasteiger partial charge is 0.324 e. The molecule has 0 bridgehead atoms. The maximum absolute atomic E-state index is 12.5. The molecule has 1 N–H and O–H groups in total. The predicted molar refractivity (Wildman–Crippen MR) is 96.5 cm³/mol. The number of nitrogens with zero attached hydrogens (tertiary/aromatic N) is 1. The van der Waals surface area contributed by atoms with Crippen molar-refractivity contribution in [2.75, 3.05) is 16.8 Å². The Bertz CT molecular complexity index is 783. The van der Waals surface area contributed by atoms with Crippen molar-refractivity contribution in [1.82, 2.24) is 0 Å². The van der Waals surface area contributed by atoms with E-state index in [0.29, 0.717) is 17.3 Å². The molecule has 0 spiro atoms. The molecule has 5 heteroatoms. The molecule has 4 nitrogen and oxygen atoms in total. The summed E-state index contributed by atoms with van der Waals surface area (Å²) in [4.78, 5) is 26.5. The predicted octanol–water partition coefficient (Wildman–Crippen LogP) is 3.95. The van der Waals surface area contributed by atoms with E-state index in [4.69, 9.17) is 11.6 Å². The van der Waals surface area contributed by atoms with Crippen LogP contribution < -0.4 is 10.2 Å². The minimum absolute atomic E-state index is 0.0284. The third-order valence-electron chi connectivity index (χ3n) is 4.15. The minimum Gasteiger partial charge on any atom is -0.324 e. The normalized spacial score (nSPS) is 17.2. The van der Waals surface area contributed by atoms with Crippen molar-refractivity contribution in [3.63, 3.8) is 0 Å².